The Morgan fingerprint density at radius 1 is 1.30 bits per heavy atom. The van der Waals surface area contributed by atoms with Crippen molar-refractivity contribution in [2.45, 2.75) is 44.1 Å². The molecule has 2 atom stereocenters. The number of hydrogen-bond donors (Lipinski definition) is 1. The van der Waals surface area contributed by atoms with E-state index in [1.54, 1.807) is 7.11 Å². The summed E-state index contributed by atoms with van der Waals surface area (Å²) < 4.78 is 56.8. The van der Waals surface area contributed by atoms with Crippen LogP contribution in [-0.2, 0) is 17.5 Å². The SMILES string of the molecule is COC1CCCC1NCc1ccc(F)cc1C(F)(F)F. The van der Waals surface area contributed by atoms with Gasteiger partial charge in [-0.05, 0) is 37.0 Å². The van der Waals surface area contributed by atoms with E-state index in [0.29, 0.717) is 6.07 Å². The fourth-order valence-corrected chi connectivity index (χ4v) is 2.65. The van der Waals surface area contributed by atoms with Crippen molar-refractivity contribution < 1.29 is 22.3 Å². The van der Waals surface area contributed by atoms with Gasteiger partial charge in [0.15, 0.2) is 0 Å². The molecule has 0 aromatic heterocycles. The number of nitrogens with one attached hydrogen (secondary N) is 1. The molecule has 1 aliphatic carbocycles. The maximum atomic E-state index is 13.0. The summed E-state index contributed by atoms with van der Waals surface area (Å²) in [4.78, 5) is 0. The minimum Gasteiger partial charge on any atom is -0.380 e. The van der Waals surface area contributed by atoms with E-state index in [1.807, 2.05) is 0 Å². The first-order valence-electron chi connectivity index (χ1n) is 6.53. The van der Waals surface area contributed by atoms with E-state index in [1.165, 1.54) is 6.07 Å². The monoisotopic (exact) mass is 291 g/mol. The Hall–Kier alpha value is -1.14. The summed E-state index contributed by atoms with van der Waals surface area (Å²) in [6, 6.07) is 2.82. The van der Waals surface area contributed by atoms with Crippen molar-refractivity contribution in [1.82, 2.24) is 5.32 Å². The van der Waals surface area contributed by atoms with Crippen LogP contribution >= 0.6 is 0 Å². The van der Waals surface area contributed by atoms with Crippen molar-refractivity contribution >= 4 is 0 Å². The van der Waals surface area contributed by atoms with Crippen LogP contribution in [0, 0.1) is 5.82 Å². The third-order valence-corrected chi connectivity index (χ3v) is 3.69. The maximum absolute atomic E-state index is 13.0. The molecule has 2 nitrogen and oxygen atoms in total. The first-order valence-corrected chi connectivity index (χ1v) is 6.53. The molecule has 0 radical (unpaired) electrons. The average Bonchev–Trinajstić information content (AvgIpc) is 2.83. The summed E-state index contributed by atoms with van der Waals surface area (Å²) in [5, 5.41) is 3.08. The van der Waals surface area contributed by atoms with Crippen molar-refractivity contribution in [3.63, 3.8) is 0 Å². The Morgan fingerprint density at radius 3 is 2.70 bits per heavy atom. The average molecular weight is 291 g/mol. The molecule has 1 aromatic rings. The van der Waals surface area contributed by atoms with E-state index >= 15 is 0 Å². The van der Waals surface area contributed by atoms with Crippen LogP contribution in [-0.4, -0.2) is 19.3 Å². The van der Waals surface area contributed by atoms with E-state index in [0.717, 1.165) is 25.3 Å². The van der Waals surface area contributed by atoms with E-state index in [9.17, 15) is 17.6 Å². The Kier molecular flexibility index (Phi) is 4.65. The lowest BCUT2D eigenvalue weighted by molar-refractivity contribution is -0.138. The molecule has 112 valence electrons. The number of hydrogen-bond acceptors (Lipinski definition) is 2. The third-order valence-electron chi connectivity index (χ3n) is 3.69. The number of methoxy groups -OCH3 is 1. The van der Waals surface area contributed by atoms with Gasteiger partial charge in [0.2, 0.25) is 0 Å². The molecule has 2 rings (SSSR count). The Bertz CT molecular complexity index is 461. The van der Waals surface area contributed by atoms with Gasteiger partial charge in [-0.2, -0.15) is 13.2 Å². The molecule has 1 aromatic carbocycles. The van der Waals surface area contributed by atoms with Gasteiger partial charge in [-0.1, -0.05) is 6.07 Å². The highest BCUT2D eigenvalue weighted by molar-refractivity contribution is 5.30. The lowest BCUT2D eigenvalue weighted by Gasteiger charge is -2.21. The van der Waals surface area contributed by atoms with Gasteiger partial charge in [0, 0.05) is 19.7 Å². The summed E-state index contributed by atoms with van der Waals surface area (Å²) in [6.07, 6.45) is -1.74. The lowest BCUT2D eigenvalue weighted by atomic mass is 10.1. The second kappa shape index (κ2) is 6.10. The molecule has 2 unspecified atom stereocenters. The molecule has 0 aliphatic heterocycles. The summed E-state index contributed by atoms with van der Waals surface area (Å²) in [6.45, 7) is 0.0552. The molecule has 1 saturated carbocycles. The number of ether oxygens (including phenoxy) is 1. The fourth-order valence-electron chi connectivity index (χ4n) is 2.65. The standard InChI is InChI=1S/C14H17F4NO/c1-20-13-4-2-3-12(13)19-8-9-5-6-10(15)7-11(9)14(16,17)18/h5-7,12-13,19H,2-4,8H2,1H3. The van der Waals surface area contributed by atoms with Gasteiger partial charge in [-0.15, -0.1) is 0 Å². The fraction of sp³-hybridized carbons (Fsp3) is 0.571. The predicted octanol–water partition coefficient (Wildman–Crippen LogP) is 3.50. The van der Waals surface area contributed by atoms with Gasteiger partial charge >= 0.3 is 6.18 Å². The normalized spacial score (nSPS) is 23.2. The van der Waals surface area contributed by atoms with E-state index in [4.69, 9.17) is 4.74 Å². The minimum absolute atomic E-state index is 0.0322. The number of rotatable bonds is 4. The first kappa shape index (κ1) is 15.3. The van der Waals surface area contributed by atoms with Crippen LogP contribution < -0.4 is 5.32 Å². The number of alkyl halides is 3. The van der Waals surface area contributed by atoms with Gasteiger partial charge in [0.25, 0.3) is 0 Å². The van der Waals surface area contributed by atoms with E-state index in [-0.39, 0.29) is 24.3 Å². The second-order valence-corrected chi connectivity index (χ2v) is 4.99. The summed E-state index contributed by atoms with van der Waals surface area (Å²) >= 11 is 0. The Balaban J connectivity index is 2.09. The summed E-state index contributed by atoms with van der Waals surface area (Å²) in [5.41, 5.74) is -0.863. The molecule has 1 N–H and O–H groups in total. The smallest absolute Gasteiger partial charge is 0.380 e. The molecular formula is C14H17F4NO. The molecule has 0 spiro atoms. The Labute approximate surface area is 115 Å². The second-order valence-electron chi connectivity index (χ2n) is 4.99. The van der Waals surface area contributed by atoms with Crippen molar-refractivity contribution in [3.05, 3.63) is 35.1 Å². The quantitative estimate of drug-likeness (QED) is 0.857. The van der Waals surface area contributed by atoms with Gasteiger partial charge in [0.05, 0.1) is 11.7 Å². The summed E-state index contributed by atoms with van der Waals surface area (Å²) in [7, 11) is 1.60. The molecule has 6 heteroatoms. The Morgan fingerprint density at radius 2 is 2.05 bits per heavy atom. The topological polar surface area (TPSA) is 21.3 Å². The van der Waals surface area contributed by atoms with Crippen LogP contribution in [0.15, 0.2) is 18.2 Å². The van der Waals surface area contributed by atoms with Crippen LogP contribution in [0.5, 0.6) is 0 Å². The van der Waals surface area contributed by atoms with E-state index in [2.05, 4.69) is 5.32 Å². The van der Waals surface area contributed by atoms with Gasteiger partial charge < -0.3 is 10.1 Å². The molecule has 0 saturated heterocycles. The molecule has 1 fully saturated rings. The van der Waals surface area contributed by atoms with Crippen molar-refractivity contribution in [2.24, 2.45) is 0 Å². The molecule has 0 amide bonds. The first-order chi connectivity index (χ1) is 9.41. The highest BCUT2D eigenvalue weighted by Crippen LogP contribution is 2.33. The van der Waals surface area contributed by atoms with Crippen molar-refractivity contribution in [2.75, 3.05) is 7.11 Å². The van der Waals surface area contributed by atoms with E-state index < -0.39 is 17.6 Å². The van der Waals surface area contributed by atoms with Crippen molar-refractivity contribution in [1.29, 1.82) is 0 Å². The molecule has 0 heterocycles. The minimum atomic E-state index is -4.55. The van der Waals surface area contributed by atoms with Crippen LogP contribution in [0.4, 0.5) is 17.6 Å². The zero-order valence-corrected chi connectivity index (χ0v) is 11.1. The largest absolute Gasteiger partial charge is 0.416 e. The third kappa shape index (κ3) is 3.49. The maximum Gasteiger partial charge on any atom is 0.416 e. The molecule has 1 aliphatic rings. The van der Waals surface area contributed by atoms with Crippen LogP contribution in [0.2, 0.25) is 0 Å². The highest BCUT2D eigenvalue weighted by atomic mass is 19.4. The van der Waals surface area contributed by atoms with Crippen LogP contribution in [0.1, 0.15) is 30.4 Å². The van der Waals surface area contributed by atoms with Crippen LogP contribution in [0.3, 0.4) is 0 Å². The summed E-state index contributed by atoms with van der Waals surface area (Å²) in [5.74, 6) is -0.878. The van der Waals surface area contributed by atoms with Gasteiger partial charge in [0.1, 0.15) is 5.82 Å². The number of halogens is 4. The predicted molar refractivity (Wildman–Crippen MR) is 66.7 cm³/mol. The molecule has 20 heavy (non-hydrogen) atoms. The van der Waals surface area contributed by atoms with Crippen LogP contribution in [0.25, 0.3) is 0 Å². The molecular weight excluding hydrogens is 274 g/mol. The highest BCUT2D eigenvalue weighted by Gasteiger charge is 2.34. The van der Waals surface area contributed by atoms with Gasteiger partial charge in [-0.25, -0.2) is 4.39 Å². The zero-order chi connectivity index (χ0) is 14.8. The molecule has 0 bridgehead atoms. The van der Waals surface area contributed by atoms with Crippen molar-refractivity contribution in [3.8, 4) is 0 Å². The zero-order valence-electron chi connectivity index (χ0n) is 11.1. The lowest BCUT2D eigenvalue weighted by Crippen LogP contribution is -2.36. The number of benzene rings is 1. The van der Waals surface area contributed by atoms with Gasteiger partial charge in [-0.3, -0.25) is 0 Å².